The van der Waals surface area contributed by atoms with Gasteiger partial charge in [0.05, 0.1) is 22.3 Å². The van der Waals surface area contributed by atoms with Gasteiger partial charge in [-0.3, -0.25) is 0 Å². The Morgan fingerprint density at radius 3 is 2.47 bits per heavy atom. The molecule has 0 aliphatic carbocycles. The summed E-state index contributed by atoms with van der Waals surface area (Å²) in [5.41, 5.74) is 4.31. The zero-order chi connectivity index (χ0) is 20.8. The van der Waals surface area contributed by atoms with Crippen LogP contribution in [-0.4, -0.2) is 27.9 Å². The van der Waals surface area contributed by atoms with Crippen LogP contribution in [0.3, 0.4) is 0 Å². The molecule has 0 spiro atoms. The van der Waals surface area contributed by atoms with Gasteiger partial charge in [0.2, 0.25) is 0 Å². The van der Waals surface area contributed by atoms with Gasteiger partial charge in [-0.25, -0.2) is 14.5 Å². The number of aromatic nitrogens is 3. The molecule has 0 N–H and O–H groups in total. The first kappa shape index (κ1) is 18.4. The van der Waals surface area contributed by atoms with E-state index in [4.69, 9.17) is 9.40 Å². The number of nitrogens with zero attached hydrogens (tertiary/aromatic N) is 4. The lowest BCUT2D eigenvalue weighted by Crippen LogP contribution is -2.21. The first-order valence-electron chi connectivity index (χ1n) is 10.2. The Kier molecular flexibility index (Phi) is 4.28. The fourth-order valence-electron chi connectivity index (χ4n) is 4.02. The van der Waals surface area contributed by atoms with Crippen molar-refractivity contribution in [2.45, 2.75) is 20.8 Å². The Hall–Kier alpha value is -3.67. The molecule has 0 fully saturated rings. The normalized spacial score (nSPS) is 11.6. The predicted molar refractivity (Wildman–Crippen MR) is 121 cm³/mol. The number of pyridine rings is 1. The lowest BCUT2D eigenvalue weighted by atomic mass is 10.1. The van der Waals surface area contributed by atoms with Crippen molar-refractivity contribution in [1.29, 1.82) is 0 Å². The summed E-state index contributed by atoms with van der Waals surface area (Å²) in [5.74, 6) is 0. The minimum Gasteiger partial charge on any atom is -0.422 e. The van der Waals surface area contributed by atoms with Crippen LogP contribution in [0.2, 0.25) is 0 Å². The topological polar surface area (TPSA) is 64.2 Å². The zero-order valence-corrected chi connectivity index (χ0v) is 17.2. The molecular weight excluding hydrogens is 376 g/mol. The van der Waals surface area contributed by atoms with Gasteiger partial charge in [0, 0.05) is 35.6 Å². The molecule has 0 atom stereocenters. The van der Waals surface area contributed by atoms with Crippen molar-refractivity contribution >= 4 is 38.6 Å². The van der Waals surface area contributed by atoms with Crippen molar-refractivity contribution in [2.75, 3.05) is 18.0 Å². The van der Waals surface area contributed by atoms with Gasteiger partial charge in [0.1, 0.15) is 5.58 Å². The SMILES string of the molecule is CCN(CC)c1ccc2c(c1)oc(=O)c1cc3c(C)nn(-c4ccccc4)c3nc12. The van der Waals surface area contributed by atoms with Crippen molar-refractivity contribution in [1.82, 2.24) is 14.8 Å². The van der Waals surface area contributed by atoms with E-state index in [1.54, 1.807) is 0 Å². The third-order valence-electron chi connectivity index (χ3n) is 5.62. The smallest absolute Gasteiger partial charge is 0.345 e. The average Bonchev–Trinajstić information content (AvgIpc) is 3.10. The summed E-state index contributed by atoms with van der Waals surface area (Å²) < 4.78 is 7.51. The molecule has 6 heteroatoms. The highest BCUT2D eigenvalue weighted by atomic mass is 16.4. The van der Waals surface area contributed by atoms with E-state index in [9.17, 15) is 4.79 Å². The Morgan fingerprint density at radius 1 is 0.967 bits per heavy atom. The quantitative estimate of drug-likeness (QED) is 0.320. The standard InChI is InChI=1S/C24H22N4O2/c1-4-27(5-2)17-11-12-18-21(13-17)30-24(29)20-14-19-15(3)26-28(23(19)25-22(18)20)16-9-7-6-8-10-16/h6-14H,4-5H2,1-3H3. The molecule has 0 amide bonds. The minimum absolute atomic E-state index is 0.379. The molecule has 6 nitrogen and oxygen atoms in total. The number of fused-ring (bicyclic) bond motifs is 4. The fraction of sp³-hybridized carbons (Fsp3) is 0.208. The summed E-state index contributed by atoms with van der Waals surface area (Å²) in [6.45, 7) is 7.90. The maximum Gasteiger partial charge on any atom is 0.345 e. The number of para-hydroxylation sites is 1. The molecule has 0 radical (unpaired) electrons. The maximum atomic E-state index is 12.8. The molecule has 3 heterocycles. The van der Waals surface area contributed by atoms with E-state index < -0.39 is 0 Å². The molecule has 0 unspecified atom stereocenters. The number of aryl methyl sites for hydroxylation is 1. The molecule has 0 bridgehead atoms. The Balaban J connectivity index is 1.83. The summed E-state index contributed by atoms with van der Waals surface area (Å²) in [4.78, 5) is 19.9. The van der Waals surface area contributed by atoms with E-state index in [1.807, 2.05) is 60.1 Å². The third-order valence-corrected chi connectivity index (χ3v) is 5.62. The lowest BCUT2D eigenvalue weighted by Gasteiger charge is -2.21. The lowest BCUT2D eigenvalue weighted by molar-refractivity contribution is 0.569. The third kappa shape index (κ3) is 2.76. The molecule has 0 saturated carbocycles. The number of rotatable bonds is 4. The number of anilines is 1. The van der Waals surface area contributed by atoms with Gasteiger partial charge in [-0.15, -0.1) is 0 Å². The molecule has 5 rings (SSSR count). The second kappa shape index (κ2) is 6.99. The van der Waals surface area contributed by atoms with Crippen LogP contribution in [0.5, 0.6) is 0 Å². The molecular formula is C24H22N4O2. The van der Waals surface area contributed by atoms with E-state index in [2.05, 4.69) is 29.9 Å². The summed E-state index contributed by atoms with van der Waals surface area (Å²) in [5, 5.41) is 6.81. The molecule has 0 aliphatic rings. The van der Waals surface area contributed by atoms with Gasteiger partial charge in [-0.05, 0) is 51.1 Å². The summed E-state index contributed by atoms with van der Waals surface area (Å²) in [6, 6.07) is 17.7. The Morgan fingerprint density at radius 2 is 1.73 bits per heavy atom. The predicted octanol–water partition coefficient (Wildman–Crippen LogP) is 4.83. The van der Waals surface area contributed by atoms with Gasteiger partial charge in [0.15, 0.2) is 5.65 Å². The average molecular weight is 398 g/mol. The maximum absolute atomic E-state index is 12.8. The molecule has 30 heavy (non-hydrogen) atoms. The van der Waals surface area contributed by atoms with Crippen LogP contribution in [0, 0.1) is 6.92 Å². The van der Waals surface area contributed by atoms with Crippen LogP contribution >= 0.6 is 0 Å². The monoisotopic (exact) mass is 398 g/mol. The molecule has 2 aromatic carbocycles. The summed E-state index contributed by atoms with van der Waals surface area (Å²) >= 11 is 0. The first-order valence-corrected chi connectivity index (χ1v) is 10.2. The molecule has 5 aromatic rings. The van der Waals surface area contributed by atoms with Crippen molar-refractivity contribution in [3.8, 4) is 5.69 Å². The van der Waals surface area contributed by atoms with Crippen molar-refractivity contribution < 1.29 is 4.42 Å². The summed E-state index contributed by atoms with van der Waals surface area (Å²) in [6.07, 6.45) is 0. The van der Waals surface area contributed by atoms with Crippen LogP contribution in [0.25, 0.3) is 38.6 Å². The minimum atomic E-state index is -0.379. The number of hydrogen-bond acceptors (Lipinski definition) is 5. The van der Waals surface area contributed by atoms with Crippen molar-refractivity contribution in [2.24, 2.45) is 0 Å². The van der Waals surface area contributed by atoms with Crippen LogP contribution in [0.4, 0.5) is 5.69 Å². The highest BCUT2D eigenvalue weighted by molar-refractivity contribution is 6.06. The summed E-state index contributed by atoms with van der Waals surface area (Å²) in [7, 11) is 0. The fourth-order valence-corrected chi connectivity index (χ4v) is 4.02. The highest BCUT2D eigenvalue weighted by Crippen LogP contribution is 2.29. The van der Waals surface area contributed by atoms with E-state index in [1.165, 1.54) is 0 Å². The Labute approximate surface area is 173 Å². The van der Waals surface area contributed by atoms with Crippen LogP contribution in [0.15, 0.2) is 63.8 Å². The van der Waals surface area contributed by atoms with Crippen molar-refractivity contribution in [3.63, 3.8) is 0 Å². The van der Waals surface area contributed by atoms with Crippen LogP contribution in [-0.2, 0) is 0 Å². The van der Waals surface area contributed by atoms with Crippen LogP contribution < -0.4 is 10.5 Å². The number of benzene rings is 2. The largest absolute Gasteiger partial charge is 0.422 e. The molecule has 0 aliphatic heterocycles. The van der Waals surface area contributed by atoms with Gasteiger partial charge >= 0.3 is 5.63 Å². The van der Waals surface area contributed by atoms with E-state index in [-0.39, 0.29) is 5.63 Å². The highest BCUT2D eigenvalue weighted by Gasteiger charge is 2.17. The van der Waals surface area contributed by atoms with Gasteiger partial charge in [0.25, 0.3) is 0 Å². The molecule has 0 saturated heterocycles. The number of hydrogen-bond donors (Lipinski definition) is 0. The zero-order valence-electron chi connectivity index (χ0n) is 17.2. The second-order valence-electron chi connectivity index (χ2n) is 7.33. The van der Waals surface area contributed by atoms with Gasteiger partial charge in [-0.1, -0.05) is 18.2 Å². The van der Waals surface area contributed by atoms with Gasteiger partial charge in [-0.2, -0.15) is 5.10 Å². The second-order valence-corrected chi connectivity index (χ2v) is 7.33. The van der Waals surface area contributed by atoms with Crippen LogP contribution in [0.1, 0.15) is 19.5 Å². The van der Waals surface area contributed by atoms with E-state index >= 15 is 0 Å². The van der Waals surface area contributed by atoms with E-state index in [0.29, 0.717) is 16.5 Å². The Bertz CT molecular complexity index is 1450. The first-order chi connectivity index (χ1) is 14.6. The van der Waals surface area contributed by atoms with Gasteiger partial charge < -0.3 is 9.32 Å². The van der Waals surface area contributed by atoms with Crippen molar-refractivity contribution in [3.05, 3.63) is 70.7 Å². The van der Waals surface area contributed by atoms with E-state index in [0.717, 1.165) is 46.6 Å². The molecule has 3 aromatic heterocycles. The molecule has 150 valence electrons.